The summed E-state index contributed by atoms with van der Waals surface area (Å²) in [7, 11) is 0. The Morgan fingerprint density at radius 1 is 0.923 bits per heavy atom. The van der Waals surface area contributed by atoms with E-state index in [9.17, 15) is 0 Å². The van der Waals surface area contributed by atoms with Crippen molar-refractivity contribution < 1.29 is 9.47 Å². The Kier molecular flexibility index (Phi) is 9.84. The van der Waals surface area contributed by atoms with Crippen molar-refractivity contribution >= 4 is 0 Å². The average molecular weight is 359 g/mol. The molecule has 2 rings (SSSR count). The van der Waals surface area contributed by atoms with Crippen molar-refractivity contribution in [1.82, 2.24) is 0 Å². The normalized spacial score (nSPS) is 19.2. The van der Waals surface area contributed by atoms with E-state index in [1.54, 1.807) is 0 Å². The van der Waals surface area contributed by atoms with Crippen molar-refractivity contribution in [3.8, 4) is 5.75 Å². The summed E-state index contributed by atoms with van der Waals surface area (Å²) in [6, 6.07) is 8.60. The van der Waals surface area contributed by atoms with E-state index in [0.29, 0.717) is 6.61 Å². The lowest BCUT2D eigenvalue weighted by molar-refractivity contribution is 0.202. The van der Waals surface area contributed by atoms with Crippen LogP contribution >= 0.6 is 0 Å². The van der Waals surface area contributed by atoms with Crippen LogP contribution in [0.15, 0.2) is 36.4 Å². The molecule has 1 fully saturated rings. The van der Waals surface area contributed by atoms with Gasteiger partial charge in [-0.05, 0) is 56.7 Å². The number of hydrogen-bond donors (Lipinski definition) is 0. The van der Waals surface area contributed by atoms with E-state index in [4.69, 9.17) is 9.47 Å². The Morgan fingerprint density at radius 2 is 1.54 bits per heavy atom. The number of epoxide rings is 1. The molecule has 1 aliphatic rings. The van der Waals surface area contributed by atoms with Crippen LogP contribution in [-0.4, -0.2) is 18.8 Å². The zero-order valence-electron chi connectivity index (χ0n) is 17.0. The quantitative estimate of drug-likeness (QED) is 0.194. The lowest BCUT2D eigenvalue weighted by atomic mass is 10.0. The Hall–Kier alpha value is -1.28. The van der Waals surface area contributed by atoms with Crippen LogP contribution in [0.1, 0.15) is 83.6 Å². The highest BCUT2D eigenvalue weighted by Crippen LogP contribution is 2.27. The van der Waals surface area contributed by atoms with Gasteiger partial charge in [-0.25, -0.2) is 0 Å². The van der Waals surface area contributed by atoms with Crippen LogP contribution < -0.4 is 4.74 Å². The fourth-order valence-corrected chi connectivity index (χ4v) is 3.07. The molecular formula is C24H38O2. The molecule has 146 valence electrons. The first kappa shape index (κ1) is 21.0. The van der Waals surface area contributed by atoms with Crippen LogP contribution in [0.3, 0.4) is 0 Å². The first-order chi connectivity index (χ1) is 12.7. The van der Waals surface area contributed by atoms with Gasteiger partial charge in [0.15, 0.2) is 0 Å². The van der Waals surface area contributed by atoms with Gasteiger partial charge in [0.2, 0.25) is 0 Å². The molecule has 0 aromatic heterocycles. The Labute approximate surface area is 161 Å². The first-order valence-corrected chi connectivity index (χ1v) is 10.7. The van der Waals surface area contributed by atoms with E-state index in [0.717, 1.165) is 12.4 Å². The lowest BCUT2D eigenvalue weighted by Crippen LogP contribution is -2.16. The van der Waals surface area contributed by atoms with Gasteiger partial charge in [-0.1, -0.05) is 69.7 Å². The Bertz CT molecular complexity index is 499. The fourth-order valence-electron chi connectivity index (χ4n) is 3.07. The van der Waals surface area contributed by atoms with Crippen molar-refractivity contribution in [1.29, 1.82) is 0 Å². The Morgan fingerprint density at radius 3 is 2.19 bits per heavy atom. The minimum absolute atomic E-state index is 0.0373. The second-order valence-electron chi connectivity index (χ2n) is 7.94. The van der Waals surface area contributed by atoms with Gasteiger partial charge in [0.1, 0.15) is 18.0 Å². The van der Waals surface area contributed by atoms with Gasteiger partial charge in [-0.3, -0.25) is 0 Å². The maximum Gasteiger partial charge on any atom is 0.123 e. The topological polar surface area (TPSA) is 21.8 Å². The summed E-state index contributed by atoms with van der Waals surface area (Å²) >= 11 is 0. The summed E-state index contributed by atoms with van der Waals surface area (Å²) in [4.78, 5) is 0. The summed E-state index contributed by atoms with van der Waals surface area (Å²) in [5.74, 6) is 0.954. The van der Waals surface area contributed by atoms with Gasteiger partial charge in [-0.2, -0.15) is 0 Å². The van der Waals surface area contributed by atoms with Gasteiger partial charge >= 0.3 is 0 Å². The number of hydrogen-bond acceptors (Lipinski definition) is 2. The third-order valence-corrected chi connectivity index (χ3v) is 5.06. The van der Waals surface area contributed by atoms with Crippen LogP contribution in [0.2, 0.25) is 0 Å². The molecule has 0 aliphatic carbocycles. The molecule has 26 heavy (non-hydrogen) atoms. The highest BCUT2D eigenvalue weighted by molar-refractivity contribution is 5.27. The predicted molar refractivity (Wildman–Crippen MR) is 111 cm³/mol. The van der Waals surface area contributed by atoms with Gasteiger partial charge < -0.3 is 9.47 Å². The lowest BCUT2D eigenvalue weighted by Gasteiger charge is -2.09. The number of rotatable bonds is 15. The molecule has 2 heteroatoms. The zero-order valence-corrected chi connectivity index (χ0v) is 17.0. The van der Waals surface area contributed by atoms with E-state index in [1.807, 2.05) is 0 Å². The number of ether oxygens (including phenoxy) is 2. The van der Waals surface area contributed by atoms with E-state index in [-0.39, 0.29) is 5.60 Å². The fraction of sp³-hybridized carbons (Fsp3) is 0.667. The third kappa shape index (κ3) is 9.43. The predicted octanol–water partition coefficient (Wildman–Crippen LogP) is 6.87. The smallest absolute Gasteiger partial charge is 0.123 e. The van der Waals surface area contributed by atoms with Crippen LogP contribution in [0.4, 0.5) is 0 Å². The van der Waals surface area contributed by atoms with Crippen molar-refractivity contribution in [2.45, 2.75) is 90.1 Å². The molecule has 0 saturated carbocycles. The molecular weight excluding hydrogens is 320 g/mol. The highest BCUT2D eigenvalue weighted by Gasteiger charge is 2.40. The van der Waals surface area contributed by atoms with Crippen molar-refractivity contribution in [3.63, 3.8) is 0 Å². The minimum Gasteiger partial charge on any atom is -0.491 e. The number of aryl methyl sites for hydroxylation is 1. The summed E-state index contributed by atoms with van der Waals surface area (Å²) in [5, 5.41) is 0. The summed E-state index contributed by atoms with van der Waals surface area (Å²) in [6.07, 6.45) is 19.2. The van der Waals surface area contributed by atoms with Crippen molar-refractivity contribution in [2.75, 3.05) is 13.2 Å². The molecule has 0 amide bonds. The standard InChI is InChI=1S/C24H38O2/c1-3-4-5-6-7-8-9-10-11-12-13-14-15-22-16-18-23(19-17-22)25-20-24(2)21-26-24/h5-6,16-19H,3-4,7-15,20-21H2,1-2H3/b6-5+. The van der Waals surface area contributed by atoms with E-state index in [2.05, 4.69) is 50.3 Å². The molecule has 0 bridgehead atoms. The zero-order chi connectivity index (χ0) is 18.5. The molecule has 0 spiro atoms. The van der Waals surface area contributed by atoms with Crippen molar-refractivity contribution in [3.05, 3.63) is 42.0 Å². The molecule has 1 aromatic carbocycles. The number of benzene rings is 1. The van der Waals surface area contributed by atoms with Crippen LogP contribution in [0.25, 0.3) is 0 Å². The summed E-state index contributed by atoms with van der Waals surface area (Å²) in [5.41, 5.74) is 1.38. The van der Waals surface area contributed by atoms with Gasteiger partial charge in [-0.15, -0.1) is 0 Å². The van der Waals surface area contributed by atoms with Crippen LogP contribution in [0.5, 0.6) is 5.75 Å². The SMILES string of the molecule is CCC/C=C/CCCCCCCCCc1ccc(OCC2(C)CO2)cc1. The average Bonchev–Trinajstić information content (AvgIpc) is 3.40. The van der Waals surface area contributed by atoms with Crippen LogP contribution in [0, 0.1) is 0 Å². The number of allylic oxidation sites excluding steroid dienone is 2. The maximum absolute atomic E-state index is 5.78. The second-order valence-corrected chi connectivity index (χ2v) is 7.94. The first-order valence-electron chi connectivity index (χ1n) is 10.7. The van der Waals surface area contributed by atoms with Gasteiger partial charge in [0.05, 0.1) is 6.61 Å². The molecule has 1 saturated heterocycles. The highest BCUT2D eigenvalue weighted by atomic mass is 16.6. The molecule has 1 aromatic rings. The maximum atomic E-state index is 5.78. The third-order valence-electron chi connectivity index (χ3n) is 5.06. The molecule has 1 atom stereocenters. The number of unbranched alkanes of at least 4 members (excludes halogenated alkanes) is 8. The molecule has 1 aliphatic heterocycles. The second kappa shape index (κ2) is 12.2. The molecule has 1 heterocycles. The van der Waals surface area contributed by atoms with E-state index < -0.39 is 0 Å². The van der Waals surface area contributed by atoms with Gasteiger partial charge in [0.25, 0.3) is 0 Å². The van der Waals surface area contributed by atoms with Crippen LogP contribution in [-0.2, 0) is 11.2 Å². The Balaban J connectivity index is 1.42. The molecule has 1 unspecified atom stereocenters. The minimum atomic E-state index is -0.0373. The summed E-state index contributed by atoms with van der Waals surface area (Å²) < 4.78 is 11.1. The van der Waals surface area contributed by atoms with E-state index in [1.165, 1.54) is 76.2 Å². The molecule has 2 nitrogen and oxygen atoms in total. The van der Waals surface area contributed by atoms with E-state index >= 15 is 0 Å². The monoisotopic (exact) mass is 358 g/mol. The van der Waals surface area contributed by atoms with Gasteiger partial charge in [0, 0.05) is 0 Å². The summed E-state index contributed by atoms with van der Waals surface area (Å²) in [6.45, 7) is 5.80. The van der Waals surface area contributed by atoms with Crippen molar-refractivity contribution in [2.24, 2.45) is 0 Å². The molecule has 0 N–H and O–H groups in total. The largest absolute Gasteiger partial charge is 0.491 e. The molecule has 0 radical (unpaired) electrons.